The van der Waals surface area contributed by atoms with Gasteiger partial charge in [-0.15, -0.1) is 0 Å². The van der Waals surface area contributed by atoms with E-state index in [4.69, 9.17) is 4.74 Å². The molecule has 0 saturated carbocycles. The Bertz CT molecular complexity index is 329. The third-order valence-electron chi connectivity index (χ3n) is 3.00. The average molecular weight is 223 g/mol. The Morgan fingerprint density at radius 1 is 1.62 bits per heavy atom. The molecule has 0 aromatic carbocycles. The number of nitrogens with zero attached hydrogens (tertiary/aromatic N) is 2. The average Bonchev–Trinajstić information content (AvgIpc) is 2.68. The Labute approximate surface area is 97.0 Å². The molecule has 1 saturated heterocycles. The summed E-state index contributed by atoms with van der Waals surface area (Å²) in [6.45, 7) is 7.84. The van der Waals surface area contributed by atoms with Crippen molar-refractivity contribution in [3.8, 4) is 0 Å². The van der Waals surface area contributed by atoms with E-state index in [0.29, 0.717) is 12.7 Å². The summed E-state index contributed by atoms with van der Waals surface area (Å²) in [5.74, 6) is 0. The van der Waals surface area contributed by atoms with Gasteiger partial charge in [0, 0.05) is 13.1 Å². The molecule has 1 aromatic heterocycles. The summed E-state index contributed by atoms with van der Waals surface area (Å²) in [6, 6.07) is 2.11. The fourth-order valence-electron chi connectivity index (χ4n) is 2.15. The molecule has 0 aliphatic carbocycles. The molecule has 2 rings (SSSR count). The van der Waals surface area contributed by atoms with E-state index in [2.05, 4.69) is 23.4 Å². The van der Waals surface area contributed by atoms with Crippen molar-refractivity contribution in [1.82, 2.24) is 15.1 Å². The molecule has 1 atom stereocenters. The number of aromatic nitrogens is 2. The van der Waals surface area contributed by atoms with E-state index >= 15 is 0 Å². The van der Waals surface area contributed by atoms with Crippen molar-refractivity contribution in [2.75, 3.05) is 13.1 Å². The fraction of sp³-hybridized carbons (Fsp3) is 0.750. The van der Waals surface area contributed by atoms with Gasteiger partial charge in [0.05, 0.1) is 24.1 Å². The third kappa shape index (κ3) is 2.83. The molecular formula is C12H21N3O. The number of rotatable bonds is 4. The molecule has 1 aliphatic heterocycles. The second-order valence-corrected chi connectivity index (χ2v) is 4.37. The van der Waals surface area contributed by atoms with Crippen molar-refractivity contribution in [3.05, 3.63) is 17.5 Å². The number of nitrogens with one attached hydrogen (secondary N) is 1. The first-order valence-corrected chi connectivity index (χ1v) is 6.15. The first-order valence-electron chi connectivity index (χ1n) is 6.15. The second kappa shape index (κ2) is 5.46. The van der Waals surface area contributed by atoms with Crippen LogP contribution < -0.4 is 5.32 Å². The zero-order valence-electron chi connectivity index (χ0n) is 10.2. The molecule has 1 N–H and O–H groups in total. The number of piperidine rings is 1. The third-order valence-corrected chi connectivity index (χ3v) is 3.00. The van der Waals surface area contributed by atoms with Crippen LogP contribution in [0.4, 0.5) is 0 Å². The molecule has 90 valence electrons. The van der Waals surface area contributed by atoms with Crippen molar-refractivity contribution < 1.29 is 4.74 Å². The Balaban J connectivity index is 1.87. The molecule has 1 fully saturated rings. The standard InChI is InChI=1S/C12H21N3O/c1-3-15-11(7-10(2)14-15)9-16-12-5-4-6-13-8-12/h7,12-13H,3-6,8-9H2,1-2H3. The number of hydrogen-bond acceptors (Lipinski definition) is 3. The highest BCUT2D eigenvalue weighted by molar-refractivity contribution is 5.07. The molecule has 2 heterocycles. The number of aryl methyl sites for hydroxylation is 2. The molecule has 4 heteroatoms. The minimum atomic E-state index is 0.370. The molecule has 0 bridgehead atoms. The van der Waals surface area contributed by atoms with Crippen molar-refractivity contribution in [2.24, 2.45) is 0 Å². The zero-order valence-corrected chi connectivity index (χ0v) is 10.2. The van der Waals surface area contributed by atoms with Crippen LogP contribution in [0.15, 0.2) is 6.07 Å². The van der Waals surface area contributed by atoms with E-state index in [1.165, 1.54) is 18.5 Å². The lowest BCUT2D eigenvalue weighted by Crippen LogP contribution is -2.35. The summed E-state index contributed by atoms with van der Waals surface area (Å²) in [7, 11) is 0. The summed E-state index contributed by atoms with van der Waals surface area (Å²) in [5, 5.41) is 7.77. The Kier molecular flexibility index (Phi) is 3.96. The van der Waals surface area contributed by atoms with Gasteiger partial charge in [-0.3, -0.25) is 4.68 Å². The maximum Gasteiger partial charge on any atom is 0.0889 e. The lowest BCUT2D eigenvalue weighted by molar-refractivity contribution is 0.0218. The molecule has 16 heavy (non-hydrogen) atoms. The topological polar surface area (TPSA) is 39.1 Å². The quantitative estimate of drug-likeness (QED) is 0.840. The van der Waals surface area contributed by atoms with Crippen LogP contribution in [0.1, 0.15) is 31.2 Å². The first kappa shape index (κ1) is 11.6. The lowest BCUT2D eigenvalue weighted by atomic mass is 10.1. The Morgan fingerprint density at radius 3 is 3.19 bits per heavy atom. The maximum atomic E-state index is 5.90. The largest absolute Gasteiger partial charge is 0.371 e. The van der Waals surface area contributed by atoms with E-state index in [-0.39, 0.29) is 0 Å². The second-order valence-electron chi connectivity index (χ2n) is 4.37. The summed E-state index contributed by atoms with van der Waals surface area (Å²) < 4.78 is 7.92. The van der Waals surface area contributed by atoms with Crippen LogP contribution in [0.3, 0.4) is 0 Å². The predicted octanol–water partition coefficient (Wildman–Crippen LogP) is 1.48. The number of ether oxygens (including phenoxy) is 1. The molecule has 0 radical (unpaired) electrons. The normalized spacial score (nSPS) is 21.2. The summed E-state index contributed by atoms with van der Waals surface area (Å²) in [5.41, 5.74) is 2.26. The van der Waals surface area contributed by atoms with Crippen LogP contribution in [0.2, 0.25) is 0 Å². The molecule has 1 unspecified atom stereocenters. The van der Waals surface area contributed by atoms with E-state index in [1.54, 1.807) is 0 Å². The predicted molar refractivity (Wildman–Crippen MR) is 63.3 cm³/mol. The smallest absolute Gasteiger partial charge is 0.0889 e. The highest BCUT2D eigenvalue weighted by Crippen LogP contribution is 2.11. The van der Waals surface area contributed by atoms with E-state index in [0.717, 1.165) is 25.3 Å². The van der Waals surface area contributed by atoms with E-state index in [9.17, 15) is 0 Å². The van der Waals surface area contributed by atoms with Gasteiger partial charge in [0.15, 0.2) is 0 Å². The van der Waals surface area contributed by atoms with Gasteiger partial charge in [0.2, 0.25) is 0 Å². The maximum absolute atomic E-state index is 5.90. The lowest BCUT2D eigenvalue weighted by Gasteiger charge is -2.23. The van der Waals surface area contributed by atoms with Crippen LogP contribution in [0.25, 0.3) is 0 Å². The molecule has 0 spiro atoms. The first-order chi connectivity index (χ1) is 7.79. The van der Waals surface area contributed by atoms with Crippen LogP contribution >= 0.6 is 0 Å². The van der Waals surface area contributed by atoms with Gasteiger partial charge in [-0.1, -0.05) is 0 Å². The van der Waals surface area contributed by atoms with Crippen molar-refractivity contribution >= 4 is 0 Å². The Morgan fingerprint density at radius 2 is 2.50 bits per heavy atom. The van der Waals surface area contributed by atoms with Crippen molar-refractivity contribution in [3.63, 3.8) is 0 Å². The van der Waals surface area contributed by atoms with Crippen LogP contribution in [0.5, 0.6) is 0 Å². The monoisotopic (exact) mass is 223 g/mol. The van der Waals surface area contributed by atoms with Gasteiger partial charge >= 0.3 is 0 Å². The van der Waals surface area contributed by atoms with Gasteiger partial charge in [0.1, 0.15) is 0 Å². The molecule has 4 nitrogen and oxygen atoms in total. The molecule has 1 aromatic rings. The van der Waals surface area contributed by atoms with E-state index in [1.807, 2.05) is 11.6 Å². The molecule has 0 amide bonds. The van der Waals surface area contributed by atoms with Crippen molar-refractivity contribution in [1.29, 1.82) is 0 Å². The minimum absolute atomic E-state index is 0.370. The zero-order chi connectivity index (χ0) is 11.4. The van der Waals surface area contributed by atoms with Gasteiger partial charge in [0.25, 0.3) is 0 Å². The van der Waals surface area contributed by atoms with E-state index < -0.39 is 0 Å². The van der Waals surface area contributed by atoms with Crippen LogP contribution in [0, 0.1) is 6.92 Å². The van der Waals surface area contributed by atoms with Gasteiger partial charge in [-0.05, 0) is 39.3 Å². The van der Waals surface area contributed by atoms with Gasteiger partial charge in [-0.2, -0.15) is 5.10 Å². The van der Waals surface area contributed by atoms with Gasteiger partial charge in [-0.25, -0.2) is 0 Å². The van der Waals surface area contributed by atoms with Crippen molar-refractivity contribution in [2.45, 2.75) is 45.9 Å². The highest BCUT2D eigenvalue weighted by atomic mass is 16.5. The SMILES string of the molecule is CCn1nc(C)cc1COC1CCCNC1. The summed E-state index contributed by atoms with van der Waals surface area (Å²) >= 11 is 0. The van der Waals surface area contributed by atoms with Gasteiger partial charge < -0.3 is 10.1 Å². The molecule has 1 aliphatic rings. The number of hydrogen-bond donors (Lipinski definition) is 1. The Hall–Kier alpha value is -0.870. The fourth-order valence-corrected chi connectivity index (χ4v) is 2.15. The minimum Gasteiger partial charge on any atom is -0.371 e. The highest BCUT2D eigenvalue weighted by Gasteiger charge is 2.14. The van der Waals surface area contributed by atoms with Crippen LogP contribution in [-0.4, -0.2) is 29.0 Å². The van der Waals surface area contributed by atoms with Crippen LogP contribution in [-0.2, 0) is 17.9 Å². The summed E-state index contributed by atoms with van der Waals surface area (Å²) in [6.07, 6.45) is 2.76. The summed E-state index contributed by atoms with van der Waals surface area (Å²) in [4.78, 5) is 0. The molecular weight excluding hydrogens is 202 g/mol.